The van der Waals surface area contributed by atoms with Crippen LogP contribution in [0.5, 0.6) is 5.75 Å². The van der Waals surface area contributed by atoms with E-state index in [0.29, 0.717) is 0 Å². The minimum Gasteiger partial charge on any atom is -0.494 e. The molecule has 3 aliphatic carbocycles. The van der Waals surface area contributed by atoms with Gasteiger partial charge in [-0.2, -0.15) is 0 Å². The van der Waals surface area contributed by atoms with Crippen molar-refractivity contribution in [1.29, 1.82) is 0 Å². The number of fused-ring (bicyclic) bond motifs is 5. The Kier molecular flexibility index (Phi) is 3.47. The first-order chi connectivity index (χ1) is 10.3. The number of aryl methyl sites for hydroxylation is 1. The van der Waals surface area contributed by atoms with Gasteiger partial charge in [0.2, 0.25) is 0 Å². The van der Waals surface area contributed by atoms with Crippen LogP contribution in [-0.4, -0.2) is 6.61 Å². The first-order valence-electron chi connectivity index (χ1n) is 9.03. The molecule has 1 aromatic rings. The number of rotatable bonds is 2. The lowest BCUT2D eigenvalue weighted by Crippen LogP contribution is -2.35. The second-order valence-electron chi connectivity index (χ2n) is 7.56. The van der Waals surface area contributed by atoms with Crippen LogP contribution >= 0.6 is 0 Å². The van der Waals surface area contributed by atoms with E-state index in [1.165, 1.54) is 38.5 Å². The molecular formula is C20H28O. The number of benzene rings is 1. The quantitative estimate of drug-likeness (QED) is 0.726. The SMILES string of the molecule is CCOc1ccc2c(c1)CC[C@@H]1C2CCC2C(C)CCC21. The minimum atomic E-state index is 0.770. The summed E-state index contributed by atoms with van der Waals surface area (Å²) in [6, 6.07) is 6.91. The van der Waals surface area contributed by atoms with Gasteiger partial charge in [0, 0.05) is 0 Å². The molecule has 3 aliphatic rings. The maximum Gasteiger partial charge on any atom is 0.119 e. The van der Waals surface area contributed by atoms with Crippen LogP contribution in [0.1, 0.15) is 63.0 Å². The van der Waals surface area contributed by atoms with Crippen LogP contribution in [0.15, 0.2) is 18.2 Å². The molecule has 0 saturated heterocycles. The maximum atomic E-state index is 5.69. The number of hydrogen-bond donors (Lipinski definition) is 0. The van der Waals surface area contributed by atoms with Gasteiger partial charge in [-0.25, -0.2) is 0 Å². The first kappa shape index (κ1) is 13.7. The van der Waals surface area contributed by atoms with Gasteiger partial charge in [0.1, 0.15) is 5.75 Å². The van der Waals surface area contributed by atoms with E-state index in [4.69, 9.17) is 4.74 Å². The van der Waals surface area contributed by atoms with Crippen molar-refractivity contribution in [3.05, 3.63) is 29.3 Å². The Hall–Kier alpha value is -0.980. The van der Waals surface area contributed by atoms with E-state index >= 15 is 0 Å². The topological polar surface area (TPSA) is 9.23 Å². The van der Waals surface area contributed by atoms with Gasteiger partial charge in [-0.05, 0) is 91.9 Å². The molecule has 4 rings (SSSR count). The van der Waals surface area contributed by atoms with Crippen molar-refractivity contribution in [2.24, 2.45) is 23.7 Å². The van der Waals surface area contributed by atoms with Crippen LogP contribution in [0, 0.1) is 23.7 Å². The molecule has 1 nitrogen and oxygen atoms in total. The molecular weight excluding hydrogens is 256 g/mol. The fraction of sp³-hybridized carbons (Fsp3) is 0.700. The highest BCUT2D eigenvalue weighted by Crippen LogP contribution is 2.56. The zero-order valence-corrected chi connectivity index (χ0v) is 13.5. The van der Waals surface area contributed by atoms with Crippen LogP contribution in [0.3, 0.4) is 0 Å². The van der Waals surface area contributed by atoms with Crippen molar-refractivity contribution in [2.75, 3.05) is 6.61 Å². The van der Waals surface area contributed by atoms with Gasteiger partial charge < -0.3 is 4.74 Å². The third kappa shape index (κ3) is 2.20. The molecule has 0 aromatic heterocycles. The molecule has 4 unspecified atom stereocenters. The molecule has 1 heteroatoms. The summed E-state index contributed by atoms with van der Waals surface area (Å²) in [6.07, 6.45) is 8.57. The predicted octanol–water partition coefficient (Wildman–Crippen LogP) is 5.19. The lowest BCUT2D eigenvalue weighted by molar-refractivity contribution is 0.119. The lowest BCUT2D eigenvalue weighted by Gasteiger charge is -2.45. The normalized spacial score (nSPS) is 37.5. The van der Waals surface area contributed by atoms with Gasteiger partial charge >= 0.3 is 0 Å². The molecule has 0 N–H and O–H groups in total. The Bertz CT molecular complexity index is 521. The third-order valence-electron chi connectivity index (χ3n) is 6.69. The second kappa shape index (κ2) is 5.34. The van der Waals surface area contributed by atoms with E-state index in [-0.39, 0.29) is 0 Å². The molecule has 5 atom stereocenters. The predicted molar refractivity (Wildman–Crippen MR) is 86.8 cm³/mol. The Morgan fingerprint density at radius 1 is 1.00 bits per heavy atom. The van der Waals surface area contributed by atoms with E-state index in [9.17, 15) is 0 Å². The monoisotopic (exact) mass is 284 g/mol. The summed E-state index contributed by atoms with van der Waals surface area (Å²) >= 11 is 0. The zero-order chi connectivity index (χ0) is 14.4. The molecule has 114 valence electrons. The smallest absolute Gasteiger partial charge is 0.119 e. The van der Waals surface area contributed by atoms with E-state index in [1.54, 1.807) is 11.1 Å². The molecule has 2 fully saturated rings. The van der Waals surface area contributed by atoms with Gasteiger partial charge in [0.05, 0.1) is 6.61 Å². The highest BCUT2D eigenvalue weighted by atomic mass is 16.5. The van der Waals surface area contributed by atoms with E-state index in [2.05, 4.69) is 32.0 Å². The largest absolute Gasteiger partial charge is 0.494 e. The Labute approximate surface area is 129 Å². The van der Waals surface area contributed by atoms with Crippen LogP contribution in [0.2, 0.25) is 0 Å². The Morgan fingerprint density at radius 3 is 2.71 bits per heavy atom. The van der Waals surface area contributed by atoms with Gasteiger partial charge in [-0.15, -0.1) is 0 Å². The summed E-state index contributed by atoms with van der Waals surface area (Å²) in [4.78, 5) is 0. The molecule has 2 saturated carbocycles. The van der Waals surface area contributed by atoms with Crippen molar-refractivity contribution in [3.8, 4) is 5.75 Å². The Morgan fingerprint density at radius 2 is 1.86 bits per heavy atom. The minimum absolute atomic E-state index is 0.770. The van der Waals surface area contributed by atoms with E-state index in [1.807, 2.05) is 0 Å². The lowest BCUT2D eigenvalue weighted by atomic mass is 9.60. The highest BCUT2D eigenvalue weighted by molar-refractivity contribution is 5.40. The van der Waals surface area contributed by atoms with Gasteiger partial charge in [0.25, 0.3) is 0 Å². The average Bonchev–Trinajstić information content (AvgIpc) is 2.89. The average molecular weight is 284 g/mol. The van der Waals surface area contributed by atoms with Crippen LogP contribution < -0.4 is 4.74 Å². The number of ether oxygens (including phenoxy) is 1. The summed E-state index contributed by atoms with van der Waals surface area (Å²) in [7, 11) is 0. The highest BCUT2D eigenvalue weighted by Gasteiger charge is 2.46. The van der Waals surface area contributed by atoms with Crippen LogP contribution in [-0.2, 0) is 6.42 Å². The standard InChI is InChI=1S/C20H28O/c1-3-21-15-6-9-17-14(12-15)5-8-20-18-7-4-13(2)16(18)10-11-19(17)20/h6,9,12-13,16,18-20H,3-5,7-8,10-11H2,1-2H3/t13?,16?,18?,19?,20-/m0/s1. The molecule has 0 radical (unpaired) electrons. The molecule has 1 aromatic carbocycles. The van der Waals surface area contributed by atoms with Crippen LogP contribution in [0.4, 0.5) is 0 Å². The Balaban J connectivity index is 1.62. The van der Waals surface area contributed by atoms with Gasteiger partial charge in [-0.1, -0.05) is 19.4 Å². The third-order valence-corrected chi connectivity index (χ3v) is 6.69. The second-order valence-corrected chi connectivity index (χ2v) is 7.56. The molecule has 21 heavy (non-hydrogen) atoms. The van der Waals surface area contributed by atoms with E-state index < -0.39 is 0 Å². The van der Waals surface area contributed by atoms with Crippen molar-refractivity contribution in [2.45, 2.75) is 58.3 Å². The summed E-state index contributed by atoms with van der Waals surface area (Å²) in [5.74, 6) is 5.93. The summed E-state index contributed by atoms with van der Waals surface area (Å²) in [6.45, 7) is 5.33. The molecule has 0 bridgehead atoms. The van der Waals surface area contributed by atoms with Crippen molar-refractivity contribution < 1.29 is 4.74 Å². The number of hydrogen-bond acceptors (Lipinski definition) is 1. The molecule has 0 amide bonds. The summed E-state index contributed by atoms with van der Waals surface area (Å²) in [5.41, 5.74) is 3.24. The van der Waals surface area contributed by atoms with E-state index in [0.717, 1.165) is 41.9 Å². The first-order valence-corrected chi connectivity index (χ1v) is 9.03. The van der Waals surface area contributed by atoms with Gasteiger partial charge in [0.15, 0.2) is 0 Å². The van der Waals surface area contributed by atoms with Crippen molar-refractivity contribution in [1.82, 2.24) is 0 Å². The molecule has 0 spiro atoms. The molecule has 0 heterocycles. The zero-order valence-electron chi connectivity index (χ0n) is 13.5. The maximum absolute atomic E-state index is 5.69. The van der Waals surface area contributed by atoms with Crippen LogP contribution in [0.25, 0.3) is 0 Å². The summed E-state index contributed by atoms with van der Waals surface area (Å²) < 4.78 is 5.69. The van der Waals surface area contributed by atoms with Crippen molar-refractivity contribution >= 4 is 0 Å². The fourth-order valence-corrected chi connectivity index (χ4v) is 5.76. The fourth-order valence-electron chi connectivity index (χ4n) is 5.76. The van der Waals surface area contributed by atoms with Crippen molar-refractivity contribution in [3.63, 3.8) is 0 Å². The van der Waals surface area contributed by atoms with Gasteiger partial charge in [-0.3, -0.25) is 0 Å². The molecule has 0 aliphatic heterocycles. The summed E-state index contributed by atoms with van der Waals surface area (Å²) in [5, 5.41) is 0.